The van der Waals surface area contributed by atoms with E-state index in [2.05, 4.69) is 26.7 Å². The van der Waals surface area contributed by atoms with Crippen molar-refractivity contribution in [1.29, 1.82) is 0 Å². The highest BCUT2D eigenvalue weighted by Crippen LogP contribution is 2.30. The van der Waals surface area contributed by atoms with Crippen molar-refractivity contribution in [3.63, 3.8) is 0 Å². The highest BCUT2D eigenvalue weighted by molar-refractivity contribution is 5.83. The molecule has 0 radical (unpaired) electrons. The number of methoxy groups -OCH3 is 1. The number of piperazine rings is 1. The number of fused-ring (bicyclic) bond motifs is 1. The summed E-state index contributed by atoms with van der Waals surface area (Å²) >= 11 is 0. The molecule has 0 bridgehead atoms. The normalized spacial score (nSPS) is 14.6. The van der Waals surface area contributed by atoms with Crippen molar-refractivity contribution in [2.24, 2.45) is 0 Å². The molecule has 3 aromatic rings. The Kier molecular flexibility index (Phi) is 6.52. The number of carbonyl (C=O) groups is 1. The van der Waals surface area contributed by atoms with Gasteiger partial charge in [-0.2, -0.15) is 4.98 Å². The molecule has 33 heavy (non-hydrogen) atoms. The van der Waals surface area contributed by atoms with Gasteiger partial charge in [-0.05, 0) is 44.9 Å². The maximum absolute atomic E-state index is 12.3. The van der Waals surface area contributed by atoms with Gasteiger partial charge in [0.15, 0.2) is 11.1 Å². The number of rotatable bonds is 3. The van der Waals surface area contributed by atoms with Gasteiger partial charge in [0.2, 0.25) is 0 Å². The smallest absolute Gasteiger partial charge is 0.410 e. The Balaban J connectivity index is 1.49. The molecule has 0 atom stereocenters. The van der Waals surface area contributed by atoms with Crippen LogP contribution in [-0.2, 0) is 11.3 Å². The molecular formula is C25H28N4O4. The predicted octanol–water partition coefficient (Wildman–Crippen LogP) is 3.68. The summed E-state index contributed by atoms with van der Waals surface area (Å²) < 4.78 is 17.0. The van der Waals surface area contributed by atoms with Crippen LogP contribution in [0.5, 0.6) is 5.75 Å². The summed E-state index contributed by atoms with van der Waals surface area (Å²) in [5.74, 6) is 6.97. The number of amides is 1. The molecule has 0 unspecified atom stereocenters. The van der Waals surface area contributed by atoms with Gasteiger partial charge >= 0.3 is 6.09 Å². The van der Waals surface area contributed by atoms with E-state index in [-0.39, 0.29) is 6.09 Å². The van der Waals surface area contributed by atoms with E-state index < -0.39 is 5.60 Å². The first kappa shape index (κ1) is 22.6. The number of aromatic nitrogens is 2. The maximum atomic E-state index is 12.3. The first-order valence-corrected chi connectivity index (χ1v) is 10.9. The van der Waals surface area contributed by atoms with E-state index in [9.17, 15) is 4.79 Å². The molecule has 1 fully saturated rings. The van der Waals surface area contributed by atoms with Gasteiger partial charge in [-0.1, -0.05) is 12.0 Å². The van der Waals surface area contributed by atoms with Crippen molar-refractivity contribution in [1.82, 2.24) is 19.8 Å². The number of nitrogens with zero attached hydrogens (tertiary/aromatic N) is 4. The average Bonchev–Trinajstić information content (AvgIpc) is 3.23. The van der Waals surface area contributed by atoms with Crippen molar-refractivity contribution in [2.45, 2.75) is 32.9 Å². The lowest BCUT2D eigenvalue weighted by atomic mass is 10.1. The first-order chi connectivity index (χ1) is 15.8. The SMILES string of the molecule is COc1ccc(CN2CCN(C(=O)OC(C)(C)C)CC2)c2oc(C#Cc3cccnc3)nc12. The largest absolute Gasteiger partial charge is 0.494 e. The Morgan fingerprint density at radius 2 is 1.94 bits per heavy atom. The van der Waals surface area contributed by atoms with Crippen molar-refractivity contribution < 1.29 is 18.7 Å². The lowest BCUT2D eigenvalue weighted by Gasteiger charge is -2.35. The van der Waals surface area contributed by atoms with Gasteiger partial charge in [0.25, 0.3) is 5.89 Å². The highest BCUT2D eigenvalue weighted by Gasteiger charge is 2.26. The summed E-state index contributed by atoms with van der Waals surface area (Å²) in [6.07, 6.45) is 3.13. The summed E-state index contributed by atoms with van der Waals surface area (Å²) in [6.45, 7) is 9.03. The van der Waals surface area contributed by atoms with Gasteiger partial charge in [0.1, 0.15) is 11.4 Å². The van der Waals surface area contributed by atoms with Crippen molar-refractivity contribution in [3.8, 4) is 17.6 Å². The van der Waals surface area contributed by atoms with Crippen LogP contribution in [0.2, 0.25) is 0 Å². The van der Waals surface area contributed by atoms with Gasteiger partial charge in [0, 0.05) is 56.2 Å². The van der Waals surface area contributed by atoms with Crippen LogP contribution in [0, 0.1) is 11.8 Å². The fourth-order valence-corrected chi connectivity index (χ4v) is 3.60. The van der Waals surface area contributed by atoms with Crippen LogP contribution in [0.15, 0.2) is 41.1 Å². The van der Waals surface area contributed by atoms with Gasteiger partial charge in [0.05, 0.1) is 7.11 Å². The van der Waals surface area contributed by atoms with Crippen molar-refractivity contribution >= 4 is 17.2 Å². The van der Waals surface area contributed by atoms with E-state index in [1.807, 2.05) is 45.0 Å². The van der Waals surface area contributed by atoms with E-state index in [4.69, 9.17) is 13.9 Å². The molecule has 1 aliphatic rings. The van der Waals surface area contributed by atoms with E-state index in [1.165, 1.54) is 0 Å². The van der Waals surface area contributed by atoms with E-state index >= 15 is 0 Å². The molecule has 4 rings (SSSR count). The zero-order valence-electron chi connectivity index (χ0n) is 19.4. The first-order valence-electron chi connectivity index (χ1n) is 10.9. The minimum absolute atomic E-state index is 0.263. The Bertz CT molecular complexity index is 1180. The lowest BCUT2D eigenvalue weighted by molar-refractivity contribution is 0.0139. The lowest BCUT2D eigenvalue weighted by Crippen LogP contribution is -2.49. The Morgan fingerprint density at radius 1 is 1.15 bits per heavy atom. The van der Waals surface area contributed by atoms with Crippen LogP contribution < -0.4 is 4.74 Å². The number of carbonyl (C=O) groups excluding carboxylic acids is 1. The standard InChI is InChI=1S/C25H28N4O4/c1-25(2,3)33-24(30)29-14-12-28(13-15-29)17-19-8-9-20(31-4)22-23(19)32-21(27-22)10-7-18-6-5-11-26-16-18/h5-6,8-9,11,16H,12-15,17H2,1-4H3. The predicted molar refractivity (Wildman–Crippen MR) is 124 cm³/mol. The quantitative estimate of drug-likeness (QED) is 0.566. The Labute approximate surface area is 193 Å². The van der Waals surface area contributed by atoms with Crippen LogP contribution in [0.4, 0.5) is 4.79 Å². The molecular weight excluding hydrogens is 420 g/mol. The fraction of sp³-hybridized carbons (Fsp3) is 0.400. The number of hydrogen-bond acceptors (Lipinski definition) is 7. The van der Waals surface area contributed by atoms with E-state index in [0.717, 1.165) is 24.2 Å². The van der Waals surface area contributed by atoms with Crippen LogP contribution in [0.3, 0.4) is 0 Å². The van der Waals surface area contributed by atoms with Gasteiger partial charge in [-0.25, -0.2) is 4.79 Å². The minimum atomic E-state index is -0.493. The molecule has 3 heterocycles. The second-order valence-corrected chi connectivity index (χ2v) is 8.86. The van der Waals surface area contributed by atoms with E-state index in [1.54, 1.807) is 24.4 Å². The number of ether oxygens (including phenoxy) is 2. The molecule has 0 aliphatic carbocycles. The van der Waals surface area contributed by atoms with Crippen LogP contribution in [0.1, 0.15) is 37.8 Å². The average molecular weight is 449 g/mol. The number of hydrogen-bond donors (Lipinski definition) is 0. The molecule has 172 valence electrons. The zero-order valence-corrected chi connectivity index (χ0v) is 19.4. The molecule has 0 spiro atoms. The molecule has 1 aromatic carbocycles. The monoisotopic (exact) mass is 448 g/mol. The summed E-state index contributed by atoms with van der Waals surface area (Å²) in [5, 5.41) is 0. The molecule has 2 aromatic heterocycles. The third-order valence-corrected chi connectivity index (χ3v) is 5.20. The van der Waals surface area contributed by atoms with Crippen LogP contribution in [-0.4, -0.2) is 64.8 Å². The van der Waals surface area contributed by atoms with Crippen molar-refractivity contribution in [3.05, 3.63) is 53.7 Å². The Morgan fingerprint density at radius 3 is 2.61 bits per heavy atom. The molecule has 8 heteroatoms. The summed E-state index contributed by atoms with van der Waals surface area (Å²) in [4.78, 5) is 25.0. The molecule has 1 aliphatic heterocycles. The third kappa shape index (κ3) is 5.62. The van der Waals surface area contributed by atoms with Gasteiger partial charge in [-0.3, -0.25) is 9.88 Å². The summed E-state index contributed by atoms with van der Waals surface area (Å²) in [6, 6.07) is 7.60. The second-order valence-electron chi connectivity index (χ2n) is 8.86. The van der Waals surface area contributed by atoms with Crippen LogP contribution >= 0.6 is 0 Å². The highest BCUT2D eigenvalue weighted by atomic mass is 16.6. The number of benzene rings is 1. The second kappa shape index (κ2) is 9.51. The van der Waals surface area contributed by atoms with Gasteiger partial charge < -0.3 is 18.8 Å². The zero-order chi connectivity index (χ0) is 23.4. The molecule has 8 nitrogen and oxygen atoms in total. The molecule has 1 amide bonds. The van der Waals surface area contributed by atoms with Crippen molar-refractivity contribution in [2.75, 3.05) is 33.3 Å². The minimum Gasteiger partial charge on any atom is -0.494 e. The third-order valence-electron chi connectivity index (χ3n) is 5.20. The van der Waals surface area contributed by atoms with Crippen LogP contribution in [0.25, 0.3) is 11.1 Å². The number of pyridine rings is 1. The maximum Gasteiger partial charge on any atom is 0.410 e. The van der Waals surface area contributed by atoms with E-state index in [0.29, 0.717) is 42.4 Å². The number of oxazole rings is 1. The summed E-state index contributed by atoms with van der Waals surface area (Å²) in [7, 11) is 1.61. The fourth-order valence-electron chi connectivity index (χ4n) is 3.60. The molecule has 0 saturated carbocycles. The van der Waals surface area contributed by atoms with Gasteiger partial charge in [-0.15, -0.1) is 0 Å². The topological polar surface area (TPSA) is 80.9 Å². The molecule has 0 N–H and O–H groups in total. The Hall–Kier alpha value is -3.57. The molecule has 1 saturated heterocycles. The summed E-state index contributed by atoms with van der Waals surface area (Å²) in [5.41, 5.74) is 2.61.